The molecule has 1 heterocycles. The topological polar surface area (TPSA) is 48.9 Å². The first-order valence-corrected chi connectivity index (χ1v) is 9.63. The van der Waals surface area contributed by atoms with Crippen LogP contribution in [0.1, 0.15) is 43.7 Å². The number of guanidine groups is 1. The van der Waals surface area contributed by atoms with Crippen molar-refractivity contribution in [2.24, 2.45) is 4.99 Å². The van der Waals surface area contributed by atoms with E-state index in [-0.39, 0.29) is 0 Å². The lowest BCUT2D eigenvalue weighted by molar-refractivity contribution is 0.203. The molecule has 1 aliphatic rings. The Labute approximate surface area is 152 Å². The lowest BCUT2D eigenvalue weighted by atomic mass is 10.1. The molecule has 2 rings (SSSR count). The predicted molar refractivity (Wildman–Crippen MR) is 105 cm³/mol. The second kappa shape index (κ2) is 11.9. The molecule has 0 atom stereocenters. The minimum Gasteiger partial charge on any atom is -0.383 e. The normalized spacial score (nSPS) is 16.5. The van der Waals surface area contributed by atoms with Crippen molar-refractivity contribution in [2.75, 3.05) is 39.9 Å². The van der Waals surface area contributed by atoms with E-state index < -0.39 is 0 Å². The third-order valence-electron chi connectivity index (χ3n) is 4.49. The van der Waals surface area contributed by atoms with Crippen molar-refractivity contribution in [3.63, 3.8) is 0 Å². The van der Waals surface area contributed by atoms with E-state index in [1.807, 2.05) is 0 Å². The summed E-state index contributed by atoms with van der Waals surface area (Å²) in [5.74, 6) is 0.841. The van der Waals surface area contributed by atoms with Gasteiger partial charge in [0.15, 0.2) is 5.96 Å². The van der Waals surface area contributed by atoms with Crippen LogP contribution in [0, 0.1) is 0 Å². The Kier molecular flexibility index (Phi) is 9.37. The van der Waals surface area contributed by atoms with Crippen molar-refractivity contribution in [3.8, 4) is 0 Å². The molecule has 2 N–H and O–H groups in total. The first-order valence-electron chi connectivity index (χ1n) is 9.63. The fraction of sp³-hybridized carbons (Fsp3) is 0.650. The number of benzene rings is 1. The van der Waals surface area contributed by atoms with E-state index in [0.717, 1.165) is 25.6 Å². The highest BCUT2D eigenvalue weighted by molar-refractivity contribution is 5.79. The van der Waals surface area contributed by atoms with Gasteiger partial charge in [-0.2, -0.15) is 0 Å². The van der Waals surface area contributed by atoms with E-state index in [1.165, 1.54) is 49.9 Å². The lowest BCUT2D eigenvalue weighted by Gasteiger charge is -2.19. The van der Waals surface area contributed by atoms with Gasteiger partial charge in [0.05, 0.1) is 13.2 Å². The number of ether oxygens (including phenoxy) is 1. The van der Waals surface area contributed by atoms with Crippen LogP contribution in [-0.4, -0.2) is 50.8 Å². The van der Waals surface area contributed by atoms with E-state index in [0.29, 0.717) is 13.2 Å². The van der Waals surface area contributed by atoms with Crippen LogP contribution in [0.5, 0.6) is 0 Å². The van der Waals surface area contributed by atoms with Crippen molar-refractivity contribution < 1.29 is 4.74 Å². The Hall–Kier alpha value is -1.59. The van der Waals surface area contributed by atoms with E-state index in [4.69, 9.17) is 4.74 Å². The minimum atomic E-state index is 0.676. The SMILES string of the molecule is CCNC(=NCc1ccc(CN2CCCCCC2)cc1)NCCOC. The summed E-state index contributed by atoms with van der Waals surface area (Å²) in [6, 6.07) is 8.91. The van der Waals surface area contributed by atoms with E-state index in [9.17, 15) is 0 Å². The summed E-state index contributed by atoms with van der Waals surface area (Å²) in [5.41, 5.74) is 2.64. The van der Waals surface area contributed by atoms with Crippen LogP contribution in [0.15, 0.2) is 29.3 Å². The highest BCUT2D eigenvalue weighted by atomic mass is 16.5. The molecule has 1 aliphatic heterocycles. The maximum atomic E-state index is 5.07. The first kappa shape index (κ1) is 19.7. The van der Waals surface area contributed by atoms with Crippen molar-refractivity contribution in [1.29, 1.82) is 0 Å². The lowest BCUT2D eigenvalue weighted by Crippen LogP contribution is -2.38. The summed E-state index contributed by atoms with van der Waals surface area (Å²) in [7, 11) is 1.71. The van der Waals surface area contributed by atoms with Gasteiger partial charge in [-0.15, -0.1) is 0 Å². The molecule has 0 amide bonds. The molecule has 25 heavy (non-hydrogen) atoms. The summed E-state index contributed by atoms with van der Waals surface area (Å²) in [6.07, 6.45) is 5.46. The van der Waals surface area contributed by atoms with Crippen LogP contribution in [0.3, 0.4) is 0 Å². The second-order valence-corrected chi connectivity index (χ2v) is 6.62. The molecule has 0 saturated carbocycles. The number of rotatable bonds is 8. The number of likely N-dealkylation sites (tertiary alicyclic amines) is 1. The van der Waals surface area contributed by atoms with Gasteiger partial charge in [-0.25, -0.2) is 4.99 Å². The van der Waals surface area contributed by atoms with Gasteiger partial charge in [-0.1, -0.05) is 37.1 Å². The van der Waals surface area contributed by atoms with Crippen LogP contribution >= 0.6 is 0 Å². The summed E-state index contributed by atoms with van der Waals surface area (Å²) in [5, 5.41) is 6.53. The van der Waals surface area contributed by atoms with Gasteiger partial charge in [0, 0.05) is 26.7 Å². The van der Waals surface area contributed by atoms with Crippen LogP contribution in [0.2, 0.25) is 0 Å². The van der Waals surface area contributed by atoms with Crippen LogP contribution in [0.4, 0.5) is 0 Å². The Morgan fingerprint density at radius 1 is 1.04 bits per heavy atom. The number of hydrogen-bond donors (Lipinski definition) is 2. The molecular formula is C20H34N4O. The van der Waals surface area contributed by atoms with Crippen molar-refractivity contribution >= 4 is 5.96 Å². The largest absolute Gasteiger partial charge is 0.383 e. The molecule has 0 unspecified atom stereocenters. The third kappa shape index (κ3) is 7.88. The van der Waals surface area contributed by atoms with Gasteiger partial charge >= 0.3 is 0 Å². The monoisotopic (exact) mass is 346 g/mol. The number of nitrogens with zero attached hydrogens (tertiary/aromatic N) is 2. The molecule has 5 heteroatoms. The molecule has 5 nitrogen and oxygen atoms in total. The zero-order valence-electron chi connectivity index (χ0n) is 15.9. The number of hydrogen-bond acceptors (Lipinski definition) is 3. The molecular weight excluding hydrogens is 312 g/mol. The van der Waals surface area contributed by atoms with E-state index >= 15 is 0 Å². The maximum Gasteiger partial charge on any atom is 0.191 e. The third-order valence-corrected chi connectivity index (χ3v) is 4.49. The van der Waals surface area contributed by atoms with Crippen molar-refractivity contribution in [2.45, 2.75) is 45.7 Å². The minimum absolute atomic E-state index is 0.676. The highest BCUT2D eigenvalue weighted by Gasteiger charge is 2.09. The van der Waals surface area contributed by atoms with Gasteiger partial charge in [0.25, 0.3) is 0 Å². The molecule has 0 aromatic heterocycles. The average Bonchev–Trinajstić information content (AvgIpc) is 2.90. The van der Waals surface area contributed by atoms with Crippen LogP contribution in [0.25, 0.3) is 0 Å². The smallest absolute Gasteiger partial charge is 0.191 e. The highest BCUT2D eigenvalue weighted by Crippen LogP contribution is 2.14. The van der Waals surface area contributed by atoms with E-state index in [2.05, 4.69) is 51.7 Å². The summed E-state index contributed by atoms with van der Waals surface area (Å²) < 4.78 is 5.07. The molecule has 1 fully saturated rings. The summed E-state index contributed by atoms with van der Waals surface area (Å²) >= 11 is 0. The second-order valence-electron chi connectivity index (χ2n) is 6.62. The van der Waals surface area contributed by atoms with E-state index in [1.54, 1.807) is 7.11 Å². The molecule has 140 valence electrons. The zero-order chi connectivity index (χ0) is 17.7. The summed E-state index contributed by atoms with van der Waals surface area (Å²) in [4.78, 5) is 7.23. The number of methoxy groups -OCH3 is 1. The van der Waals surface area contributed by atoms with Crippen molar-refractivity contribution in [1.82, 2.24) is 15.5 Å². The molecule has 1 aromatic rings. The Balaban J connectivity index is 1.84. The standard InChI is InChI=1S/C20H34N4O/c1-3-21-20(22-12-15-25-2)23-16-18-8-10-19(11-9-18)17-24-13-6-4-5-7-14-24/h8-11H,3-7,12-17H2,1-2H3,(H2,21,22,23). The predicted octanol–water partition coefficient (Wildman–Crippen LogP) is 2.76. The molecule has 1 saturated heterocycles. The van der Waals surface area contributed by atoms with Crippen molar-refractivity contribution in [3.05, 3.63) is 35.4 Å². The van der Waals surface area contributed by atoms with Gasteiger partial charge in [-0.3, -0.25) is 4.90 Å². The summed E-state index contributed by atoms with van der Waals surface area (Å²) in [6.45, 7) is 8.61. The Bertz CT molecular complexity index is 493. The van der Waals surface area contributed by atoms with Crippen LogP contribution in [-0.2, 0) is 17.8 Å². The zero-order valence-corrected chi connectivity index (χ0v) is 15.9. The van der Waals surface area contributed by atoms with Gasteiger partial charge in [-0.05, 0) is 44.0 Å². The quantitative estimate of drug-likeness (QED) is 0.432. The molecule has 0 aliphatic carbocycles. The first-order chi connectivity index (χ1) is 12.3. The fourth-order valence-electron chi connectivity index (χ4n) is 3.09. The van der Waals surface area contributed by atoms with Gasteiger partial charge in [0.2, 0.25) is 0 Å². The molecule has 0 radical (unpaired) electrons. The Morgan fingerprint density at radius 3 is 2.36 bits per heavy atom. The Morgan fingerprint density at radius 2 is 1.72 bits per heavy atom. The number of aliphatic imine (C=N–C) groups is 1. The molecule has 0 bridgehead atoms. The number of nitrogens with one attached hydrogen (secondary N) is 2. The van der Waals surface area contributed by atoms with Gasteiger partial charge in [0.1, 0.15) is 0 Å². The molecule has 1 aromatic carbocycles. The average molecular weight is 347 g/mol. The van der Waals surface area contributed by atoms with Crippen LogP contribution < -0.4 is 10.6 Å². The maximum absolute atomic E-state index is 5.07. The van der Waals surface area contributed by atoms with Gasteiger partial charge < -0.3 is 15.4 Å². The fourth-order valence-corrected chi connectivity index (χ4v) is 3.09. The molecule has 0 spiro atoms.